The van der Waals surface area contributed by atoms with E-state index in [1.54, 1.807) is 0 Å². The summed E-state index contributed by atoms with van der Waals surface area (Å²) >= 11 is -2.30. The Morgan fingerprint density at radius 3 is 2.36 bits per heavy atom. The van der Waals surface area contributed by atoms with Gasteiger partial charge in [-0.05, 0) is 0 Å². The van der Waals surface area contributed by atoms with E-state index in [-0.39, 0.29) is 5.82 Å². The van der Waals surface area contributed by atoms with Crippen LogP contribution in [0.1, 0.15) is 0 Å². The van der Waals surface area contributed by atoms with Crippen LogP contribution < -0.4 is 3.71 Å². The van der Waals surface area contributed by atoms with Crippen molar-refractivity contribution in [2.24, 2.45) is 0 Å². The molecule has 0 unspecified atom stereocenters. The molecule has 11 heavy (non-hydrogen) atoms. The topological polar surface area (TPSA) is 25.8 Å². The zero-order chi connectivity index (χ0) is 8.48. The normalized spacial score (nSPS) is 11.6. The molecule has 0 saturated carbocycles. The van der Waals surface area contributed by atoms with Crippen molar-refractivity contribution in [2.75, 3.05) is 0 Å². The van der Waals surface area contributed by atoms with Crippen LogP contribution in [-0.2, 0) is 0 Å². The molecule has 0 aliphatic rings. The van der Waals surface area contributed by atoms with Crippen molar-refractivity contribution >= 4 is 22.1 Å². The van der Waals surface area contributed by atoms with Crippen LogP contribution in [0.5, 0.6) is 0 Å². The van der Waals surface area contributed by atoms with Gasteiger partial charge in [0.05, 0.1) is 0 Å². The Morgan fingerprint density at radius 1 is 1.36 bits per heavy atom. The molecular weight excluding hydrogens is 250 g/mol. The van der Waals surface area contributed by atoms with Crippen LogP contribution in [0.2, 0.25) is 14.8 Å². The molecule has 4 heteroatoms. The van der Waals surface area contributed by atoms with E-state index in [0.29, 0.717) is 3.71 Å². The summed E-state index contributed by atoms with van der Waals surface area (Å²) in [7, 11) is 0. The van der Waals surface area contributed by atoms with Crippen LogP contribution in [-0.4, -0.2) is 28.3 Å². The molecule has 1 aromatic rings. The van der Waals surface area contributed by atoms with Crippen LogP contribution in [0.25, 0.3) is 0 Å². The van der Waals surface area contributed by atoms with E-state index in [4.69, 9.17) is 0 Å². The zero-order valence-corrected chi connectivity index (χ0v) is 9.78. The second-order valence-corrected chi connectivity index (χ2v) is 17.7. The van der Waals surface area contributed by atoms with Crippen molar-refractivity contribution in [2.45, 2.75) is 14.8 Å². The summed E-state index contributed by atoms with van der Waals surface area (Å²) in [5, 5.41) is 0. The fourth-order valence-electron chi connectivity index (χ4n) is 0.865. The van der Waals surface area contributed by atoms with Crippen molar-refractivity contribution in [3.05, 3.63) is 18.3 Å². The first kappa shape index (κ1) is 8.90. The second kappa shape index (κ2) is 3.05. The number of hydrogen-bond donors (Lipinski definition) is 0. The van der Waals surface area contributed by atoms with Gasteiger partial charge in [-0.15, -0.1) is 0 Å². The van der Waals surface area contributed by atoms with Crippen LogP contribution in [0.15, 0.2) is 12.5 Å². The molecule has 2 nitrogen and oxygen atoms in total. The summed E-state index contributed by atoms with van der Waals surface area (Å²) in [5.74, 6) is -0.240. The molecule has 1 heterocycles. The maximum absolute atomic E-state index is 13.0. The predicted molar refractivity (Wildman–Crippen MR) is 45.0 cm³/mol. The summed E-state index contributed by atoms with van der Waals surface area (Å²) in [5.41, 5.74) is 0. The quantitative estimate of drug-likeness (QED) is 0.709. The summed E-state index contributed by atoms with van der Waals surface area (Å²) in [4.78, 5) is 13.9. The Kier molecular flexibility index (Phi) is 2.46. The first-order chi connectivity index (χ1) is 5.02. The van der Waals surface area contributed by atoms with Gasteiger partial charge in [0, 0.05) is 0 Å². The third kappa shape index (κ3) is 2.12. The van der Waals surface area contributed by atoms with E-state index >= 15 is 0 Å². The fourth-order valence-corrected chi connectivity index (χ4v) is 4.36. The number of nitrogens with zero attached hydrogens (tertiary/aromatic N) is 2. The van der Waals surface area contributed by atoms with Gasteiger partial charge in [-0.1, -0.05) is 0 Å². The summed E-state index contributed by atoms with van der Waals surface area (Å²) < 4.78 is 13.7. The van der Waals surface area contributed by atoms with Gasteiger partial charge in [-0.25, -0.2) is 0 Å². The van der Waals surface area contributed by atoms with E-state index in [1.165, 1.54) is 12.5 Å². The summed E-state index contributed by atoms with van der Waals surface area (Å²) in [6, 6.07) is 0. The van der Waals surface area contributed by atoms with Crippen molar-refractivity contribution in [1.82, 2.24) is 9.97 Å². The monoisotopic (exact) mass is 262 g/mol. The molecule has 0 saturated heterocycles. The summed E-state index contributed by atoms with van der Waals surface area (Å²) in [6.07, 6.45) is 2.66. The van der Waals surface area contributed by atoms with E-state index < -0.39 is 18.4 Å². The molecule has 0 fully saturated rings. The van der Waals surface area contributed by atoms with Crippen LogP contribution in [0, 0.1) is 5.82 Å². The molecule has 0 N–H and O–H groups in total. The van der Waals surface area contributed by atoms with E-state index in [1.807, 2.05) is 0 Å². The van der Waals surface area contributed by atoms with E-state index in [2.05, 4.69) is 24.8 Å². The Hall–Kier alpha value is -0.191. The molecule has 0 bridgehead atoms. The number of aromatic nitrogens is 2. The number of rotatable bonds is 1. The van der Waals surface area contributed by atoms with Gasteiger partial charge in [0.25, 0.3) is 0 Å². The fraction of sp³-hybridized carbons (Fsp3) is 0.429. The molecule has 60 valence electrons. The molecule has 0 aliphatic heterocycles. The molecule has 0 atom stereocenters. The molecular formula is C7H11FN2Sn. The second-order valence-electron chi connectivity index (χ2n) is 3.47. The standard InChI is InChI=1S/C4H2FN2.3CH3.Sn/c5-4-1-6-3-7-2-4;;;;/h1,3H;3*1H3;. The molecule has 0 spiro atoms. The molecule has 1 rings (SSSR count). The van der Waals surface area contributed by atoms with Crippen LogP contribution in [0.3, 0.4) is 0 Å². The van der Waals surface area contributed by atoms with Crippen molar-refractivity contribution in [1.29, 1.82) is 0 Å². The van der Waals surface area contributed by atoms with Gasteiger partial charge in [-0.3, -0.25) is 0 Å². The van der Waals surface area contributed by atoms with E-state index in [0.717, 1.165) is 0 Å². The number of halogens is 1. The van der Waals surface area contributed by atoms with E-state index in [9.17, 15) is 4.39 Å². The van der Waals surface area contributed by atoms with Gasteiger partial charge in [0.15, 0.2) is 0 Å². The maximum atomic E-state index is 13.0. The van der Waals surface area contributed by atoms with Gasteiger partial charge in [-0.2, -0.15) is 0 Å². The third-order valence-electron chi connectivity index (χ3n) is 1.38. The summed E-state index contributed by atoms with van der Waals surface area (Å²) in [6.45, 7) is 0. The Labute approximate surface area is 69.7 Å². The zero-order valence-electron chi connectivity index (χ0n) is 6.93. The minimum atomic E-state index is -2.30. The average molecular weight is 261 g/mol. The minimum absolute atomic E-state index is 0.240. The first-order valence-corrected chi connectivity index (χ1v) is 13.5. The van der Waals surface area contributed by atoms with Crippen LogP contribution >= 0.6 is 0 Å². The Morgan fingerprint density at radius 2 is 2.00 bits per heavy atom. The van der Waals surface area contributed by atoms with Crippen molar-refractivity contribution in [3.8, 4) is 0 Å². The van der Waals surface area contributed by atoms with Gasteiger partial charge in [0.1, 0.15) is 0 Å². The number of hydrogen-bond acceptors (Lipinski definition) is 2. The first-order valence-electron chi connectivity index (χ1n) is 3.48. The molecule has 1 aromatic heterocycles. The molecule has 0 radical (unpaired) electrons. The third-order valence-corrected chi connectivity index (χ3v) is 6.48. The molecule has 0 amide bonds. The predicted octanol–water partition coefficient (Wildman–Crippen LogP) is 1.16. The molecule has 0 aliphatic carbocycles. The SMILES string of the molecule is [CH3][Sn]([CH3])([CH3])[c]1ncncc1F. The Balaban J connectivity index is 3.14. The van der Waals surface area contributed by atoms with Gasteiger partial charge in [0.2, 0.25) is 0 Å². The van der Waals surface area contributed by atoms with Gasteiger partial charge >= 0.3 is 69.6 Å². The Bertz CT molecular complexity index is 257. The van der Waals surface area contributed by atoms with Crippen LogP contribution in [0.4, 0.5) is 4.39 Å². The van der Waals surface area contributed by atoms with Crippen molar-refractivity contribution < 1.29 is 4.39 Å². The molecule has 0 aromatic carbocycles. The van der Waals surface area contributed by atoms with Gasteiger partial charge < -0.3 is 0 Å². The average Bonchev–Trinajstić information content (AvgIpc) is 1.86. The van der Waals surface area contributed by atoms with Crippen molar-refractivity contribution in [3.63, 3.8) is 0 Å².